The van der Waals surface area contributed by atoms with Crippen molar-refractivity contribution in [3.63, 3.8) is 0 Å². The lowest BCUT2D eigenvalue weighted by molar-refractivity contribution is -0.384. The summed E-state index contributed by atoms with van der Waals surface area (Å²) in [5.41, 5.74) is 0.462. The molecule has 0 spiro atoms. The molecule has 6 nitrogen and oxygen atoms in total. The van der Waals surface area contributed by atoms with E-state index < -0.39 is 23.6 Å². The van der Waals surface area contributed by atoms with Crippen molar-refractivity contribution in [1.82, 2.24) is 10.3 Å². The van der Waals surface area contributed by atoms with Crippen molar-refractivity contribution in [2.24, 2.45) is 0 Å². The molecular weight excluding hydrogens is 343 g/mol. The maximum atomic E-state index is 11.9. The molecule has 118 valence electrons. The van der Waals surface area contributed by atoms with E-state index in [-0.39, 0.29) is 11.4 Å². The lowest BCUT2D eigenvalue weighted by atomic mass is 10.3. The van der Waals surface area contributed by atoms with E-state index in [1.807, 2.05) is 0 Å². The summed E-state index contributed by atoms with van der Waals surface area (Å²) in [4.78, 5) is 25.6. The van der Waals surface area contributed by atoms with Crippen LogP contribution in [-0.4, -0.2) is 34.3 Å². The summed E-state index contributed by atoms with van der Waals surface area (Å²) in [5, 5.41) is 12.4. The predicted octanol–water partition coefficient (Wildman–Crippen LogP) is 2.98. The Hall–Kier alpha value is -1.88. The van der Waals surface area contributed by atoms with Gasteiger partial charge in [0.05, 0.1) is 20.9 Å². The second-order valence-corrected chi connectivity index (χ2v) is 6.32. The van der Waals surface area contributed by atoms with Gasteiger partial charge in [-0.15, -0.1) is 11.3 Å². The number of nitro benzene ring substituents is 1. The third-order valence-electron chi connectivity index (χ3n) is 2.38. The van der Waals surface area contributed by atoms with Crippen molar-refractivity contribution >= 4 is 44.9 Å². The fraction of sp³-hybridized carbons (Fsp3) is 0.273. The SMILES string of the molecule is O=C(CSc1nc2ccc([N+](=O)[O-])cc2s1)NCC(F)(F)F. The molecule has 0 bridgehead atoms. The molecule has 0 saturated carbocycles. The number of hydrogen-bond acceptors (Lipinski definition) is 6. The Balaban J connectivity index is 1.97. The molecule has 1 aromatic carbocycles. The molecule has 0 atom stereocenters. The van der Waals surface area contributed by atoms with E-state index in [1.54, 1.807) is 5.32 Å². The first-order chi connectivity index (χ1) is 10.2. The van der Waals surface area contributed by atoms with Crippen LogP contribution >= 0.6 is 23.1 Å². The number of halogens is 3. The second-order valence-electron chi connectivity index (χ2n) is 4.07. The molecule has 0 radical (unpaired) electrons. The third-order valence-corrected chi connectivity index (χ3v) is 4.54. The number of nitro groups is 1. The number of rotatable bonds is 5. The van der Waals surface area contributed by atoms with Crippen LogP contribution in [0.4, 0.5) is 18.9 Å². The largest absolute Gasteiger partial charge is 0.405 e. The van der Waals surface area contributed by atoms with E-state index in [0.717, 1.165) is 23.1 Å². The number of amides is 1. The molecule has 22 heavy (non-hydrogen) atoms. The van der Waals surface area contributed by atoms with Crippen LogP contribution in [0.3, 0.4) is 0 Å². The highest BCUT2D eigenvalue weighted by Gasteiger charge is 2.27. The molecule has 0 saturated heterocycles. The first-order valence-electron chi connectivity index (χ1n) is 5.76. The highest BCUT2D eigenvalue weighted by Crippen LogP contribution is 2.31. The fourth-order valence-electron chi connectivity index (χ4n) is 1.44. The lowest BCUT2D eigenvalue weighted by Gasteiger charge is -2.07. The summed E-state index contributed by atoms with van der Waals surface area (Å²) in [6, 6.07) is 4.16. The zero-order valence-electron chi connectivity index (χ0n) is 10.7. The Labute approximate surface area is 129 Å². The van der Waals surface area contributed by atoms with Crippen LogP contribution in [0.15, 0.2) is 22.5 Å². The van der Waals surface area contributed by atoms with Crippen LogP contribution < -0.4 is 5.32 Å². The van der Waals surface area contributed by atoms with Crippen molar-refractivity contribution in [3.8, 4) is 0 Å². The third kappa shape index (κ3) is 4.56. The lowest BCUT2D eigenvalue weighted by Crippen LogP contribution is -2.34. The van der Waals surface area contributed by atoms with E-state index in [0.29, 0.717) is 14.6 Å². The number of nitrogens with one attached hydrogen (secondary N) is 1. The minimum Gasteiger partial charge on any atom is -0.346 e. The average molecular weight is 351 g/mol. The number of nitrogens with zero attached hydrogens (tertiary/aromatic N) is 2. The van der Waals surface area contributed by atoms with Gasteiger partial charge in [0.25, 0.3) is 5.69 Å². The molecular formula is C11H8F3N3O3S2. The molecule has 2 rings (SSSR count). The van der Waals surface area contributed by atoms with E-state index in [2.05, 4.69) is 4.98 Å². The number of non-ortho nitro benzene ring substituents is 1. The Morgan fingerprint density at radius 1 is 1.45 bits per heavy atom. The predicted molar refractivity (Wildman–Crippen MR) is 76.1 cm³/mol. The Kier molecular flexibility index (Phi) is 4.86. The molecule has 1 heterocycles. The first-order valence-corrected chi connectivity index (χ1v) is 7.56. The Morgan fingerprint density at radius 3 is 2.82 bits per heavy atom. The number of benzene rings is 1. The molecule has 0 aliphatic heterocycles. The number of thiazole rings is 1. The van der Waals surface area contributed by atoms with Gasteiger partial charge in [0.1, 0.15) is 6.54 Å². The van der Waals surface area contributed by atoms with E-state index in [4.69, 9.17) is 0 Å². The molecule has 11 heteroatoms. The molecule has 0 fully saturated rings. The molecule has 1 N–H and O–H groups in total. The fourth-order valence-corrected chi connectivity index (χ4v) is 3.38. The van der Waals surface area contributed by atoms with Gasteiger partial charge < -0.3 is 5.32 Å². The van der Waals surface area contributed by atoms with Crippen molar-refractivity contribution in [1.29, 1.82) is 0 Å². The summed E-state index contributed by atoms with van der Waals surface area (Å²) >= 11 is 2.12. The smallest absolute Gasteiger partial charge is 0.346 e. The maximum absolute atomic E-state index is 11.9. The number of carbonyl (C=O) groups is 1. The number of carbonyl (C=O) groups excluding carboxylic acids is 1. The van der Waals surface area contributed by atoms with Crippen LogP contribution in [0.5, 0.6) is 0 Å². The van der Waals surface area contributed by atoms with Crippen molar-refractivity contribution in [2.45, 2.75) is 10.5 Å². The number of fused-ring (bicyclic) bond motifs is 1. The van der Waals surface area contributed by atoms with Crippen molar-refractivity contribution in [2.75, 3.05) is 12.3 Å². The van der Waals surface area contributed by atoms with E-state index in [9.17, 15) is 28.1 Å². The summed E-state index contributed by atoms with van der Waals surface area (Å²) in [6.45, 7) is -1.38. The van der Waals surface area contributed by atoms with Gasteiger partial charge in [0, 0.05) is 12.1 Å². The van der Waals surface area contributed by atoms with Gasteiger partial charge in [0.15, 0.2) is 4.34 Å². The first kappa shape index (κ1) is 16.5. The van der Waals surface area contributed by atoms with Gasteiger partial charge in [-0.3, -0.25) is 14.9 Å². The minimum atomic E-state index is -4.45. The maximum Gasteiger partial charge on any atom is 0.405 e. The summed E-state index contributed by atoms with van der Waals surface area (Å²) in [5.74, 6) is -0.967. The van der Waals surface area contributed by atoms with E-state index in [1.165, 1.54) is 18.2 Å². The number of thioether (sulfide) groups is 1. The van der Waals surface area contributed by atoms with Crippen LogP contribution in [0.2, 0.25) is 0 Å². The zero-order chi connectivity index (χ0) is 16.3. The average Bonchev–Trinajstić information content (AvgIpc) is 2.83. The summed E-state index contributed by atoms with van der Waals surface area (Å²) in [6.07, 6.45) is -4.45. The topological polar surface area (TPSA) is 85.1 Å². The van der Waals surface area contributed by atoms with Gasteiger partial charge >= 0.3 is 6.18 Å². The number of aromatic nitrogens is 1. The van der Waals surface area contributed by atoms with E-state index >= 15 is 0 Å². The van der Waals surface area contributed by atoms with Gasteiger partial charge in [-0.25, -0.2) is 4.98 Å². The number of alkyl halides is 3. The van der Waals surface area contributed by atoms with Gasteiger partial charge in [0.2, 0.25) is 5.91 Å². The van der Waals surface area contributed by atoms with Gasteiger partial charge in [-0.1, -0.05) is 11.8 Å². The number of hydrogen-bond donors (Lipinski definition) is 1. The molecule has 0 aliphatic carbocycles. The Morgan fingerprint density at radius 2 is 2.18 bits per heavy atom. The minimum absolute atomic E-state index is 0.0735. The Bertz CT molecular complexity index is 717. The second kappa shape index (κ2) is 6.48. The van der Waals surface area contributed by atoms with Crippen LogP contribution in [0.1, 0.15) is 0 Å². The van der Waals surface area contributed by atoms with Crippen LogP contribution in [0, 0.1) is 10.1 Å². The highest BCUT2D eigenvalue weighted by atomic mass is 32.2. The van der Waals surface area contributed by atoms with Crippen LogP contribution in [-0.2, 0) is 4.79 Å². The van der Waals surface area contributed by atoms with Gasteiger partial charge in [-0.05, 0) is 6.07 Å². The summed E-state index contributed by atoms with van der Waals surface area (Å²) in [7, 11) is 0. The highest BCUT2D eigenvalue weighted by molar-refractivity contribution is 8.01. The van der Waals surface area contributed by atoms with Gasteiger partial charge in [-0.2, -0.15) is 13.2 Å². The zero-order valence-corrected chi connectivity index (χ0v) is 12.3. The molecule has 1 aromatic heterocycles. The standard InChI is InChI=1S/C11H8F3N3O3S2/c12-11(13,14)5-15-9(18)4-21-10-16-7-2-1-6(17(19)20)3-8(7)22-10/h1-3H,4-5H2,(H,15,18). The normalized spacial score (nSPS) is 11.6. The molecule has 2 aromatic rings. The summed E-state index contributed by atoms with van der Waals surface area (Å²) < 4.78 is 36.8. The molecule has 0 aliphatic rings. The monoisotopic (exact) mass is 351 g/mol. The van der Waals surface area contributed by atoms with Crippen molar-refractivity contribution in [3.05, 3.63) is 28.3 Å². The van der Waals surface area contributed by atoms with Crippen LogP contribution in [0.25, 0.3) is 10.2 Å². The molecule has 0 unspecified atom stereocenters. The quantitative estimate of drug-likeness (QED) is 0.508. The van der Waals surface area contributed by atoms with Crippen molar-refractivity contribution < 1.29 is 22.9 Å². The molecule has 1 amide bonds.